The Hall–Kier alpha value is -3.83. The van der Waals surface area contributed by atoms with E-state index in [-0.39, 0.29) is 23.1 Å². The van der Waals surface area contributed by atoms with Crippen LogP contribution in [0.5, 0.6) is 0 Å². The molecule has 0 unspecified atom stereocenters. The topological polar surface area (TPSA) is 95.5 Å². The van der Waals surface area contributed by atoms with Crippen molar-refractivity contribution in [2.45, 2.75) is 26.4 Å². The molecule has 4 aromatic heterocycles. The number of carbonyl (C=O) groups excluding carboxylic acids is 1. The number of pyridine rings is 1. The van der Waals surface area contributed by atoms with E-state index in [1.807, 2.05) is 0 Å². The Morgan fingerprint density at radius 1 is 1.16 bits per heavy atom. The van der Waals surface area contributed by atoms with E-state index in [2.05, 4.69) is 25.6 Å². The number of hydrogen-bond donors (Lipinski definition) is 1. The van der Waals surface area contributed by atoms with Gasteiger partial charge in [0, 0.05) is 46.7 Å². The summed E-state index contributed by atoms with van der Waals surface area (Å²) in [4.78, 5) is 17.4. The molecule has 0 radical (unpaired) electrons. The van der Waals surface area contributed by atoms with Gasteiger partial charge in [-0.25, -0.2) is 18.4 Å². The third kappa shape index (κ3) is 5.18. The molecule has 0 spiro atoms. The molecule has 37 heavy (non-hydrogen) atoms. The predicted octanol–water partition coefficient (Wildman–Crippen LogP) is 5.27. The summed E-state index contributed by atoms with van der Waals surface area (Å²) in [6.07, 6.45) is 2.17. The minimum Gasteiger partial charge on any atom is -0.308 e. The largest absolute Gasteiger partial charge is 0.308 e. The molecule has 9 nitrogen and oxygen atoms in total. The Bertz CT molecular complexity index is 1620. The lowest BCUT2D eigenvalue weighted by Gasteiger charge is -2.08. The summed E-state index contributed by atoms with van der Waals surface area (Å²) < 4.78 is 32.4. The molecule has 5 rings (SSSR count). The lowest BCUT2D eigenvalue weighted by atomic mass is 10.1. The van der Waals surface area contributed by atoms with Gasteiger partial charge in [-0.15, -0.1) is 0 Å². The maximum absolute atomic E-state index is 14.0. The number of fused-ring (bicyclic) bond motifs is 1. The maximum Gasteiger partial charge on any atom is 0.264 e. The molecule has 0 aliphatic heterocycles. The van der Waals surface area contributed by atoms with Crippen LogP contribution < -0.4 is 5.32 Å². The molecule has 0 saturated carbocycles. The fourth-order valence-corrected chi connectivity index (χ4v) is 4.50. The molecular weight excluding hydrogens is 525 g/mol. The molecule has 1 amide bonds. The minimum absolute atomic E-state index is 0.187. The highest BCUT2D eigenvalue weighted by Gasteiger charge is 2.22. The molecule has 0 atom stereocenters. The van der Waals surface area contributed by atoms with E-state index >= 15 is 0 Å². The van der Waals surface area contributed by atoms with E-state index in [0.717, 1.165) is 5.56 Å². The summed E-state index contributed by atoms with van der Waals surface area (Å²) in [7, 11) is 1.72. The van der Waals surface area contributed by atoms with Gasteiger partial charge in [-0.05, 0) is 30.7 Å². The molecule has 1 N–H and O–H groups in total. The standard InChI is InChI=1S/C24H20Cl2F2N8O/c1-13-22-17(23(27)28)8-19(15-9-29-34(2)10-15)30-24(22)36(32-13)12-21(37)31-20-5-6-35(33-20)11-14-3-4-16(25)7-18(14)26/h3-10,23H,11-12H2,1-2H3,(H,31,33,37). The molecule has 4 heterocycles. The highest BCUT2D eigenvalue weighted by atomic mass is 35.5. The molecule has 0 aliphatic rings. The summed E-state index contributed by atoms with van der Waals surface area (Å²) in [6, 6.07) is 8.16. The van der Waals surface area contributed by atoms with E-state index in [9.17, 15) is 13.6 Å². The molecular formula is C24H20Cl2F2N8O. The van der Waals surface area contributed by atoms with Gasteiger partial charge in [0.2, 0.25) is 5.91 Å². The SMILES string of the molecule is Cc1nn(CC(=O)Nc2ccn(Cc3ccc(Cl)cc3Cl)n2)c2nc(-c3cnn(C)c3)cc(C(F)F)c12. The Balaban J connectivity index is 1.38. The van der Waals surface area contributed by atoms with E-state index in [4.69, 9.17) is 23.2 Å². The van der Waals surface area contributed by atoms with Crippen LogP contribution in [0.15, 0.2) is 48.9 Å². The Morgan fingerprint density at radius 2 is 1.97 bits per heavy atom. The zero-order valence-electron chi connectivity index (χ0n) is 19.7. The second-order valence-corrected chi connectivity index (χ2v) is 9.27. The Labute approximate surface area is 219 Å². The number of nitrogens with zero attached hydrogens (tertiary/aromatic N) is 7. The number of rotatable bonds is 7. The average Bonchev–Trinajstić information content (AvgIpc) is 3.55. The van der Waals surface area contributed by atoms with Crippen LogP contribution in [0.3, 0.4) is 0 Å². The van der Waals surface area contributed by atoms with Crippen molar-refractivity contribution in [3.63, 3.8) is 0 Å². The lowest BCUT2D eigenvalue weighted by Crippen LogP contribution is -2.20. The number of hydrogen-bond acceptors (Lipinski definition) is 5. The van der Waals surface area contributed by atoms with Gasteiger partial charge in [-0.3, -0.25) is 14.2 Å². The van der Waals surface area contributed by atoms with Crippen LogP contribution in [-0.2, 0) is 24.9 Å². The number of nitrogens with one attached hydrogen (secondary N) is 1. The van der Waals surface area contributed by atoms with Crippen molar-refractivity contribution < 1.29 is 13.6 Å². The summed E-state index contributed by atoms with van der Waals surface area (Å²) in [6.45, 7) is 1.75. The van der Waals surface area contributed by atoms with E-state index in [0.29, 0.717) is 39.4 Å². The van der Waals surface area contributed by atoms with Crippen LogP contribution in [0.4, 0.5) is 14.6 Å². The Morgan fingerprint density at radius 3 is 2.68 bits per heavy atom. The quantitative estimate of drug-likeness (QED) is 0.301. The van der Waals surface area contributed by atoms with Crippen LogP contribution in [0.1, 0.15) is 23.2 Å². The third-order valence-corrected chi connectivity index (χ3v) is 6.28. The molecule has 0 aliphatic carbocycles. The van der Waals surface area contributed by atoms with Gasteiger partial charge in [0.15, 0.2) is 11.5 Å². The monoisotopic (exact) mass is 544 g/mol. The zero-order valence-corrected chi connectivity index (χ0v) is 21.2. The predicted molar refractivity (Wildman–Crippen MR) is 136 cm³/mol. The van der Waals surface area contributed by atoms with Crippen molar-refractivity contribution in [3.8, 4) is 11.3 Å². The summed E-state index contributed by atoms with van der Waals surface area (Å²) in [5.74, 6) is -0.119. The molecule has 1 aromatic carbocycles. The zero-order chi connectivity index (χ0) is 26.3. The second-order valence-electron chi connectivity index (χ2n) is 8.42. The van der Waals surface area contributed by atoms with Gasteiger partial charge in [-0.2, -0.15) is 15.3 Å². The first-order valence-electron chi connectivity index (χ1n) is 11.1. The number of carbonyl (C=O) groups is 1. The number of alkyl halides is 2. The smallest absolute Gasteiger partial charge is 0.264 e. The van der Waals surface area contributed by atoms with E-state index < -0.39 is 12.3 Å². The van der Waals surface area contributed by atoms with Crippen LogP contribution in [-0.4, -0.2) is 40.2 Å². The van der Waals surface area contributed by atoms with Crippen LogP contribution in [0.2, 0.25) is 10.0 Å². The molecule has 190 valence electrons. The number of anilines is 1. The number of amides is 1. The van der Waals surface area contributed by atoms with Crippen molar-refractivity contribution >= 4 is 46.0 Å². The first kappa shape index (κ1) is 24.8. The van der Waals surface area contributed by atoms with Gasteiger partial charge in [0.1, 0.15) is 6.54 Å². The Kier molecular flexibility index (Phi) is 6.65. The highest BCUT2D eigenvalue weighted by molar-refractivity contribution is 6.35. The van der Waals surface area contributed by atoms with Crippen LogP contribution in [0.25, 0.3) is 22.3 Å². The van der Waals surface area contributed by atoms with Crippen LogP contribution in [0, 0.1) is 6.92 Å². The van der Waals surface area contributed by atoms with Gasteiger partial charge in [0.25, 0.3) is 6.43 Å². The van der Waals surface area contributed by atoms with E-state index in [1.54, 1.807) is 60.0 Å². The van der Waals surface area contributed by atoms with Crippen LogP contribution >= 0.6 is 23.2 Å². The molecule has 13 heteroatoms. The van der Waals surface area contributed by atoms with E-state index in [1.165, 1.54) is 16.9 Å². The molecule has 0 fully saturated rings. The molecule has 0 bridgehead atoms. The second kappa shape index (κ2) is 9.91. The van der Waals surface area contributed by atoms with Gasteiger partial charge >= 0.3 is 0 Å². The van der Waals surface area contributed by atoms with Crippen molar-refractivity contribution in [3.05, 3.63) is 75.8 Å². The lowest BCUT2D eigenvalue weighted by molar-refractivity contribution is -0.116. The first-order valence-corrected chi connectivity index (χ1v) is 11.9. The number of aryl methyl sites for hydroxylation is 2. The maximum atomic E-state index is 14.0. The van der Waals surface area contributed by atoms with Crippen molar-refractivity contribution in [1.29, 1.82) is 0 Å². The summed E-state index contributed by atoms with van der Waals surface area (Å²) in [5.41, 5.74) is 2.05. The fourth-order valence-electron chi connectivity index (χ4n) is 4.03. The number of benzene rings is 1. The van der Waals surface area contributed by atoms with Crippen molar-refractivity contribution in [2.24, 2.45) is 7.05 Å². The summed E-state index contributed by atoms with van der Waals surface area (Å²) in [5, 5.41) is 16.7. The highest BCUT2D eigenvalue weighted by Crippen LogP contribution is 2.33. The average molecular weight is 545 g/mol. The molecule has 5 aromatic rings. The van der Waals surface area contributed by atoms with Crippen molar-refractivity contribution in [2.75, 3.05) is 5.32 Å². The normalized spacial score (nSPS) is 11.5. The minimum atomic E-state index is -2.75. The summed E-state index contributed by atoms with van der Waals surface area (Å²) >= 11 is 12.2. The van der Waals surface area contributed by atoms with Gasteiger partial charge in [0.05, 0.1) is 29.5 Å². The number of aromatic nitrogens is 7. The van der Waals surface area contributed by atoms with Gasteiger partial charge < -0.3 is 5.32 Å². The fraction of sp³-hybridized carbons (Fsp3) is 0.208. The third-order valence-electron chi connectivity index (χ3n) is 5.69. The first-order chi connectivity index (χ1) is 17.7. The van der Waals surface area contributed by atoms with Crippen molar-refractivity contribution in [1.82, 2.24) is 34.3 Å². The van der Waals surface area contributed by atoms with Gasteiger partial charge in [-0.1, -0.05) is 29.3 Å². The molecule has 0 saturated heterocycles. The number of halogens is 4.